The van der Waals surface area contributed by atoms with E-state index in [9.17, 15) is 22.8 Å². The molecule has 0 spiro atoms. The average Bonchev–Trinajstić information content (AvgIpc) is 3.42. The lowest BCUT2D eigenvalue weighted by molar-refractivity contribution is -0.158. The summed E-state index contributed by atoms with van der Waals surface area (Å²) in [5, 5.41) is 9.63. The fraction of sp³-hybridized carbons (Fsp3) is 0.208. The Labute approximate surface area is 201 Å². The maximum atomic E-state index is 13.4. The number of aromatic nitrogens is 6. The number of alkyl halides is 3. The molecular weight excluding hydrogens is 475 g/mol. The largest absolute Gasteiger partial charge is 0.408 e. The van der Waals surface area contributed by atoms with Gasteiger partial charge in [-0.15, -0.1) is 0 Å². The van der Waals surface area contributed by atoms with Crippen LogP contribution in [0.3, 0.4) is 0 Å². The van der Waals surface area contributed by atoms with Crippen molar-refractivity contribution in [3.05, 3.63) is 71.2 Å². The first kappa shape index (κ1) is 23.3. The number of hydrogen-bond donors (Lipinski definition) is 2. The molecule has 4 aromatic heterocycles. The molecular formula is C24H20F3N7O2. The smallest absolute Gasteiger partial charge is 0.343 e. The van der Waals surface area contributed by atoms with Gasteiger partial charge in [-0.2, -0.15) is 18.3 Å². The van der Waals surface area contributed by atoms with Crippen molar-refractivity contribution in [2.24, 2.45) is 0 Å². The Bertz CT molecular complexity index is 1650. The molecule has 4 heterocycles. The third-order valence-electron chi connectivity index (χ3n) is 5.97. The van der Waals surface area contributed by atoms with E-state index in [1.54, 1.807) is 42.9 Å². The summed E-state index contributed by atoms with van der Waals surface area (Å²) in [6.07, 6.45) is 1.94. The van der Waals surface area contributed by atoms with Crippen LogP contribution >= 0.6 is 0 Å². The second kappa shape index (κ2) is 8.63. The number of hydrogen-bond acceptors (Lipinski definition) is 5. The zero-order valence-electron chi connectivity index (χ0n) is 19.2. The average molecular weight is 495 g/mol. The van der Waals surface area contributed by atoms with Gasteiger partial charge in [0.15, 0.2) is 0 Å². The molecule has 1 atom stereocenters. The number of para-hydroxylation sites is 1. The summed E-state index contributed by atoms with van der Waals surface area (Å²) in [4.78, 5) is 34.5. The number of pyridine rings is 2. The topological polar surface area (TPSA) is 110 Å². The molecule has 12 heteroatoms. The highest BCUT2D eigenvalue weighted by Crippen LogP contribution is 2.27. The molecule has 0 fully saturated rings. The third-order valence-corrected chi connectivity index (χ3v) is 5.97. The monoisotopic (exact) mass is 495 g/mol. The number of rotatable bonds is 5. The molecule has 2 N–H and O–H groups in total. The summed E-state index contributed by atoms with van der Waals surface area (Å²) in [5.41, 5.74) is 3.72. The minimum atomic E-state index is -4.59. The molecule has 1 amide bonds. The van der Waals surface area contributed by atoms with E-state index in [0.717, 1.165) is 33.5 Å². The Morgan fingerprint density at radius 3 is 2.67 bits per heavy atom. The van der Waals surface area contributed by atoms with Crippen LogP contribution in [-0.2, 0) is 11.3 Å². The Morgan fingerprint density at radius 1 is 1.14 bits per heavy atom. The fourth-order valence-electron chi connectivity index (χ4n) is 4.12. The molecule has 0 bridgehead atoms. The number of carbonyl (C=O) groups is 1. The summed E-state index contributed by atoms with van der Waals surface area (Å²) in [5.74, 6) is -0.920. The molecule has 36 heavy (non-hydrogen) atoms. The number of H-pyrrole nitrogens is 1. The Balaban J connectivity index is 1.55. The van der Waals surface area contributed by atoms with Gasteiger partial charge >= 0.3 is 11.9 Å². The third kappa shape index (κ3) is 4.00. The number of halogens is 3. The van der Waals surface area contributed by atoms with Crippen LogP contribution in [0.25, 0.3) is 38.9 Å². The van der Waals surface area contributed by atoms with Crippen LogP contribution in [0.5, 0.6) is 0 Å². The van der Waals surface area contributed by atoms with Crippen LogP contribution in [0.15, 0.2) is 59.9 Å². The van der Waals surface area contributed by atoms with Gasteiger partial charge in [0.25, 0.3) is 0 Å². The zero-order valence-corrected chi connectivity index (χ0v) is 19.2. The summed E-state index contributed by atoms with van der Waals surface area (Å²) >= 11 is 0. The molecule has 0 aliphatic rings. The molecule has 1 aromatic carbocycles. The Kier molecular flexibility index (Phi) is 5.58. The summed E-state index contributed by atoms with van der Waals surface area (Å²) < 4.78 is 41.2. The normalized spacial score (nSPS) is 12.8. The van der Waals surface area contributed by atoms with Gasteiger partial charge in [0, 0.05) is 17.1 Å². The molecule has 9 nitrogen and oxygen atoms in total. The molecule has 184 valence electrons. The van der Waals surface area contributed by atoms with E-state index in [1.807, 2.05) is 18.3 Å². The highest BCUT2D eigenvalue weighted by molar-refractivity contribution is 5.92. The quantitative estimate of drug-likeness (QED) is 0.388. The van der Waals surface area contributed by atoms with Gasteiger partial charge < -0.3 is 5.32 Å². The molecule has 0 saturated carbocycles. The van der Waals surface area contributed by atoms with E-state index in [-0.39, 0.29) is 0 Å². The van der Waals surface area contributed by atoms with E-state index in [0.29, 0.717) is 22.4 Å². The predicted molar refractivity (Wildman–Crippen MR) is 127 cm³/mol. The van der Waals surface area contributed by atoms with E-state index >= 15 is 0 Å². The number of benzene rings is 1. The number of carbonyl (C=O) groups excluding carboxylic acids is 1. The molecule has 0 unspecified atom stereocenters. The summed E-state index contributed by atoms with van der Waals surface area (Å²) in [6, 6.07) is 6.58. The van der Waals surface area contributed by atoms with Crippen molar-refractivity contribution in [2.45, 2.75) is 32.6 Å². The highest BCUT2D eigenvalue weighted by atomic mass is 19.4. The maximum Gasteiger partial charge on any atom is 0.408 e. The number of aryl methyl sites for hydroxylation is 1. The van der Waals surface area contributed by atoms with Crippen LogP contribution in [0, 0.1) is 6.92 Å². The fourth-order valence-corrected chi connectivity index (χ4v) is 4.12. The van der Waals surface area contributed by atoms with Gasteiger partial charge in [0.1, 0.15) is 12.6 Å². The highest BCUT2D eigenvalue weighted by Gasteiger charge is 2.37. The van der Waals surface area contributed by atoms with Crippen molar-refractivity contribution in [1.82, 2.24) is 34.6 Å². The van der Waals surface area contributed by atoms with Crippen molar-refractivity contribution in [3.63, 3.8) is 0 Å². The van der Waals surface area contributed by atoms with Crippen molar-refractivity contribution < 1.29 is 18.0 Å². The Hall–Kier alpha value is -4.48. The van der Waals surface area contributed by atoms with Crippen LogP contribution in [0.1, 0.15) is 12.5 Å². The second-order valence-electron chi connectivity index (χ2n) is 8.40. The van der Waals surface area contributed by atoms with Crippen molar-refractivity contribution >= 4 is 27.8 Å². The Morgan fingerprint density at radius 2 is 1.94 bits per heavy atom. The van der Waals surface area contributed by atoms with Crippen molar-refractivity contribution in [3.8, 4) is 16.9 Å². The number of nitrogens with zero attached hydrogens (tertiary/aromatic N) is 5. The minimum absolute atomic E-state index is 0.422. The van der Waals surface area contributed by atoms with Crippen molar-refractivity contribution in [1.29, 1.82) is 0 Å². The van der Waals surface area contributed by atoms with Crippen LogP contribution in [0.4, 0.5) is 13.2 Å². The first-order valence-electron chi connectivity index (χ1n) is 11.0. The van der Waals surface area contributed by atoms with Crippen LogP contribution in [0.2, 0.25) is 0 Å². The minimum Gasteiger partial charge on any atom is -0.343 e. The second-order valence-corrected chi connectivity index (χ2v) is 8.40. The number of fused-ring (bicyclic) bond motifs is 2. The van der Waals surface area contributed by atoms with Crippen LogP contribution in [-0.4, -0.2) is 47.4 Å². The molecule has 5 rings (SSSR count). The van der Waals surface area contributed by atoms with E-state index in [4.69, 9.17) is 0 Å². The van der Waals surface area contributed by atoms with Crippen molar-refractivity contribution in [2.75, 3.05) is 0 Å². The lowest BCUT2D eigenvalue weighted by Gasteiger charge is -2.17. The predicted octanol–water partition coefficient (Wildman–Crippen LogP) is 3.50. The number of aromatic amines is 1. The number of nitrogens with one attached hydrogen (secondary N) is 2. The lowest BCUT2D eigenvalue weighted by atomic mass is 10.1. The summed E-state index contributed by atoms with van der Waals surface area (Å²) in [6.45, 7) is 2.09. The standard InChI is InChI=1S/C24H20F3N7O2/c1-13-4-3-5-20-22(13)34(23(36)33(20)12-21(35)31-14(2)24(25,26)27)15-6-7-18(29-8-15)16-9-28-11-19-17(16)10-30-32-19/h3-11,14H,12H2,1-2H3,(H,30,32)(H,31,35)/t14-/m0/s1. The SMILES string of the molecule is Cc1cccc2c1n(-c1ccc(-c3cncc4[nH]ncc34)nc1)c(=O)n2CC(=O)N[C@@H](C)C(F)(F)F. The van der Waals surface area contributed by atoms with E-state index < -0.39 is 30.4 Å². The molecule has 0 aliphatic heterocycles. The van der Waals surface area contributed by atoms with Gasteiger partial charge in [0.2, 0.25) is 5.91 Å². The van der Waals surface area contributed by atoms with Gasteiger partial charge in [-0.25, -0.2) is 4.79 Å². The van der Waals surface area contributed by atoms with Gasteiger partial charge in [-0.1, -0.05) is 12.1 Å². The van der Waals surface area contributed by atoms with Gasteiger partial charge in [-0.3, -0.25) is 29.0 Å². The zero-order chi connectivity index (χ0) is 25.6. The lowest BCUT2D eigenvalue weighted by Crippen LogP contribution is -2.45. The maximum absolute atomic E-state index is 13.4. The first-order valence-corrected chi connectivity index (χ1v) is 11.0. The number of amides is 1. The van der Waals surface area contributed by atoms with E-state index in [2.05, 4.69) is 20.2 Å². The number of imidazole rings is 1. The summed E-state index contributed by atoms with van der Waals surface area (Å²) in [7, 11) is 0. The van der Waals surface area contributed by atoms with Gasteiger partial charge in [0.05, 0.1) is 46.5 Å². The molecule has 0 saturated heterocycles. The molecule has 0 radical (unpaired) electrons. The van der Waals surface area contributed by atoms with Gasteiger partial charge in [-0.05, 0) is 37.6 Å². The molecule has 5 aromatic rings. The molecule has 0 aliphatic carbocycles. The van der Waals surface area contributed by atoms with E-state index in [1.165, 1.54) is 10.8 Å². The van der Waals surface area contributed by atoms with Crippen LogP contribution < -0.4 is 11.0 Å². The first-order chi connectivity index (χ1) is 17.1.